The molecule has 0 saturated carbocycles. The van der Waals surface area contributed by atoms with Gasteiger partial charge in [-0.05, 0) is 25.8 Å². The molecule has 100 valence electrons. The molecule has 1 aliphatic rings. The summed E-state index contributed by atoms with van der Waals surface area (Å²) in [5.74, 6) is 0.527. The molecule has 1 fully saturated rings. The van der Waals surface area contributed by atoms with Gasteiger partial charge in [-0.1, -0.05) is 0 Å². The molecule has 1 aliphatic heterocycles. The largest absolute Gasteiger partial charge is 0.462 e. The summed E-state index contributed by atoms with van der Waals surface area (Å²) in [7, 11) is 0. The number of fused-ring (bicyclic) bond motifs is 1. The Labute approximate surface area is 111 Å². The predicted octanol–water partition coefficient (Wildman–Crippen LogP) is 1.51. The molecule has 0 N–H and O–H groups in total. The maximum Gasteiger partial charge on any atom is 0.343 e. The number of rotatable bonds is 3. The van der Waals surface area contributed by atoms with Crippen LogP contribution in [0.15, 0.2) is 18.5 Å². The highest BCUT2D eigenvalue weighted by Gasteiger charge is 2.18. The molecule has 6 heteroatoms. The molecule has 19 heavy (non-hydrogen) atoms. The molecular weight excluding hydrogens is 244 g/mol. The lowest BCUT2D eigenvalue weighted by molar-refractivity contribution is 0.0528. The molecule has 0 amide bonds. The van der Waals surface area contributed by atoms with Gasteiger partial charge in [0.15, 0.2) is 5.65 Å². The van der Waals surface area contributed by atoms with Gasteiger partial charge in [-0.25, -0.2) is 14.3 Å². The molecule has 3 rings (SSSR count). The van der Waals surface area contributed by atoms with Crippen LogP contribution >= 0.6 is 0 Å². The second-order valence-electron chi connectivity index (χ2n) is 4.53. The lowest BCUT2D eigenvalue weighted by atomic mass is 10.3. The number of ether oxygens (including phenoxy) is 1. The fourth-order valence-corrected chi connectivity index (χ4v) is 2.33. The van der Waals surface area contributed by atoms with Crippen molar-refractivity contribution in [1.82, 2.24) is 14.6 Å². The summed E-state index contributed by atoms with van der Waals surface area (Å²) in [5.41, 5.74) is 0.978. The van der Waals surface area contributed by atoms with Crippen molar-refractivity contribution in [3.05, 3.63) is 24.0 Å². The van der Waals surface area contributed by atoms with Gasteiger partial charge in [0.2, 0.25) is 0 Å². The van der Waals surface area contributed by atoms with E-state index in [4.69, 9.17) is 4.74 Å². The van der Waals surface area contributed by atoms with Gasteiger partial charge in [-0.2, -0.15) is 5.10 Å². The van der Waals surface area contributed by atoms with E-state index in [0.717, 1.165) is 18.9 Å². The van der Waals surface area contributed by atoms with Crippen LogP contribution in [0.2, 0.25) is 0 Å². The molecule has 2 aromatic heterocycles. The Hall–Kier alpha value is -2.11. The van der Waals surface area contributed by atoms with Crippen molar-refractivity contribution >= 4 is 17.4 Å². The van der Waals surface area contributed by atoms with Crippen molar-refractivity contribution in [1.29, 1.82) is 0 Å². The highest BCUT2D eigenvalue weighted by atomic mass is 16.5. The Balaban J connectivity index is 2.00. The lowest BCUT2D eigenvalue weighted by Gasteiger charge is -2.15. The zero-order valence-electron chi connectivity index (χ0n) is 10.9. The third-order valence-electron chi connectivity index (χ3n) is 3.28. The van der Waals surface area contributed by atoms with Crippen LogP contribution in [0, 0.1) is 0 Å². The van der Waals surface area contributed by atoms with E-state index in [1.807, 2.05) is 12.3 Å². The highest BCUT2D eigenvalue weighted by Crippen LogP contribution is 2.19. The van der Waals surface area contributed by atoms with Crippen LogP contribution < -0.4 is 4.90 Å². The third kappa shape index (κ3) is 2.14. The van der Waals surface area contributed by atoms with Crippen LogP contribution in [-0.2, 0) is 4.74 Å². The van der Waals surface area contributed by atoms with Crippen molar-refractivity contribution in [2.24, 2.45) is 0 Å². The number of nitrogens with zero attached hydrogens (tertiary/aromatic N) is 4. The first kappa shape index (κ1) is 12.0. The number of carbonyl (C=O) groups is 1. The first-order chi connectivity index (χ1) is 9.29. The molecular formula is C13H16N4O2. The molecule has 6 nitrogen and oxygen atoms in total. The van der Waals surface area contributed by atoms with Crippen LogP contribution in [0.1, 0.15) is 30.1 Å². The number of anilines is 1. The first-order valence-corrected chi connectivity index (χ1v) is 6.56. The molecule has 0 bridgehead atoms. The van der Waals surface area contributed by atoms with Crippen LogP contribution in [0.3, 0.4) is 0 Å². The minimum absolute atomic E-state index is 0.349. The average molecular weight is 260 g/mol. The van der Waals surface area contributed by atoms with Gasteiger partial charge in [0.25, 0.3) is 0 Å². The van der Waals surface area contributed by atoms with E-state index in [1.54, 1.807) is 11.4 Å². The van der Waals surface area contributed by atoms with Crippen molar-refractivity contribution in [3.63, 3.8) is 0 Å². The van der Waals surface area contributed by atoms with Gasteiger partial charge in [0.05, 0.1) is 12.8 Å². The normalized spacial score (nSPS) is 15.1. The van der Waals surface area contributed by atoms with Crippen LogP contribution in [-0.4, -0.2) is 40.3 Å². The molecule has 0 radical (unpaired) electrons. The smallest absolute Gasteiger partial charge is 0.343 e. The zero-order chi connectivity index (χ0) is 13.2. The fraction of sp³-hybridized carbons (Fsp3) is 0.462. The molecule has 1 saturated heterocycles. The summed E-state index contributed by atoms with van der Waals surface area (Å²) in [4.78, 5) is 18.6. The minimum Gasteiger partial charge on any atom is -0.462 e. The van der Waals surface area contributed by atoms with Crippen LogP contribution in [0.5, 0.6) is 0 Å². The molecule has 3 heterocycles. The Bertz CT molecular complexity index is 602. The zero-order valence-corrected chi connectivity index (χ0v) is 10.9. The Morgan fingerprint density at radius 2 is 2.21 bits per heavy atom. The quantitative estimate of drug-likeness (QED) is 0.783. The molecule has 0 atom stereocenters. The summed E-state index contributed by atoms with van der Waals surface area (Å²) in [6.45, 7) is 4.17. The maximum absolute atomic E-state index is 11.8. The van der Waals surface area contributed by atoms with E-state index in [9.17, 15) is 4.79 Å². The second kappa shape index (κ2) is 4.87. The van der Waals surface area contributed by atoms with Crippen molar-refractivity contribution in [2.45, 2.75) is 19.8 Å². The molecule has 0 spiro atoms. The number of hydrogen-bond acceptors (Lipinski definition) is 5. The SMILES string of the molecule is CCOC(=O)c1cnn2ccc(N3CCCC3)nc12. The number of aromatic nitrogens is 3. The van der Waals surface area contributed by atoms with Gasteiger partial charge in [-0.3, -0.25) is 0 Å². The standard InChI is InChI=1S/C13H16N4O2/c1-2-19-13(18)10-9-14-17-8-5-11(15-12(10)17)16-6-3-4-7-16/h5,8-9H,2-4,6-7H2,1H3. The number of carbonyl (C=O) groups excluding carboxylic acids is 1. The minimum atomic E-state index is -0.372. The van der Waals surface area contributed by atoms with Gasteiger partial charge < -0.3 is 9.64 Å². The second-order valence-corrected chi connectivity index (χ2v) is 4.53. The van der Waals surface area contributed by atoms with E-state index >= 15 is 0 Å². The predicted molar refractivity (Wildman–Crippen MR) is 70.4 cm³/mol. The Kier molecular flexibility index (Phi) is 3.06. The topological polar surface area (TPSA) is 59.7 Å². The molecule has 0 aromatic carbocycles. The van der Waals surface area contributed by atoms with E-state index in [0.29, 0.717) is 17.8 Å². The third-order valence-corrected chi connectivity index (χ3v) is 3.28. The van der Waals surface area contributed by atoms with E-state index in [1.165, 1.54) is 19.0 Å². The fourth-order valence-electron chi connectivity index (χ4n) is 2.33. The van der Waals surface area contributed by atoms with Crippen molar-refractivity contribution in [2.75, 3.05) is 24.6 Å². The number of esters is 1. The van der Waals surface area contributed by atoms with E-state index in [-0.39, 0.29) is 5.97 Å². The first-order valence-electron chi connectivity index (χ1n) is 6.56. The van der Waals surface area contributed by atoms with Gasteiger partial charge in [0.1, 0.15) is 11.4 Å². The van der Waals surface area contributed by atoms with E-state index < -0.39 is 0 Å². The van der Waals surface area contributed by atoms with Gasteiger partial charge in [-0.15, -0.1) is 0 Å². The van der Waals surface area contributed by atoms with Crippen molar-refractivity contribution in [3.8, 4) is 0 Å². The summed E-state index contributed by atoms with van der Waals surface area (Å²) < 4.78 is 6.62. The summed E-state index contributed by atoms with van der Waals surface area (Å²) in [6.07, 6.45) is 5.72. The van der Waals surface area contributed by atoms with E-state index in [2.05, 4.69) is 15.0 Å². The summed E-state index contributed by atoms with van der Waals surface area (Å²) >= 11 is 0. The van der Waals surface area contributed by atoms with Crippen LogP contribution in [0.25, 0.3) is 5.65 Å². The molecule has 0 unspecified atom stereocenters. The Morgan fingerprint density at radius 1 is 1.42 bits per heavy atom. The van der Waals surface area contributed by atoms with Gasteiger partial charge in [0, 0.05) is 19.3 Å². The molecule has 0 aliphatic carbocycles. The van der Waals surface area contributed by atoms with Crippen LogP contribution in [0.4, 0.5) is 5.82 Å². The van der Waals surface area contributed by atoms with Gasteiger partial charge >= 0.3 is 5.97 Å². The monoisotopic (exact) mass is 260 g/mol. The maximum atomic E-state index is 11.8. The lowest BCUT2D eigenvalue weighted by Crippen LogP contribution is -2.19. The average Bonchev–Trinajstić information content (AvgIpc) is 3.07. The summed E-state index contributed by atoms with van der Waals surface area (Å²) in [5, 5.41) is 4.12. The Morgan fingerprint density at radius 3 is 2.95 bits per heavy atom. The summed E-state index contributed by atoms with van der Waals surface area (Å²) in [6, 6.07) is 1.93. The molecule has 2 aromatic rings. The number of hydrogen-bond donors (Lipinski definition) is 0. The highest BCUT2D eigenvalue weighted by molar-refractivity contribution is 5.95. The van der Waals surface area contributed by atoms with Crippen molar-refractivity contribution < 1.29 is 9.53 Å².